The van der Waals surface area contributed by atoms with Crippen molar-refractivity contribution in [1.82, 2.24) is 10.0 Å². The Balaban J connectivity index is 2.12. The topological polar surface area (TPSA) is 118 Å². The second kappa shape index (κ2) is 9.50. The van der Waals surface area contributed by atoms with Gasteiger partial charge in [-0.2, -0.15) is 0 Å². The average molecular weight is 439 g/mol. The molecular weight excluding hydrogens is 418 g/mol. The molecule has 0 heterocycles. The van der Waals surface area contributed by atoms with Crippen molar-refractivity contribution in [2.45, 2.75) is 23.9 Å². The minimum absolute atomic E-state index is 0.348. The fourth-order valence-corrected chi connectivity index (χ4v) is 4.70. The summed E-state index contributed by atoms with van der Waals surface area (Å²) >= 11 is 0. The van der Waals surface area contributed by atoms with Crippen molar-refractivity contribution in [2.24, 2.45) is 0 Å². The van der Waals surface area contributed by atoms with E-state index in [1.807, 2.05) is 6.07 Å². The maximum atomic E-state index is 13.2. The van der Waals surface area contributed by atoms with E-state index in [1.165, 1.54) is 25.1 Å². The van der Waals surface area contributed by atoms with Gasteiger partial charge >= 0.3 is 0 Å². The third-order valence-electron chi connectivity index (χ3n) is 4.64. The lowest BCUT2D eigenvalue weighted by Gasteiger charge is -2.29. The standard InChI is InChI=1S/C22H21N3O5S/c1-16(26)23-21(17-10-4-2-5-11-17)22(18-12-6-3-7-13-18)24-31(29,30)20-15-9-8-14-19(20)25(27)28/h2-15,21-22,24H,1H3,(H,23,26)/t21-,22+/m1/s1. The lowest BCUT2D eigenvalue weighted by Crippen LogP contribution is -2.40. The first-order chi connectivity index (χ1) is 14.8. The highest BCUT2D eigenvalue weighted by Gasteiger charge is 2.33. The van der Waals surface area contributed by atoms with E-state index in [-0.39, 0.29) is 5.91 Å². The van der Waals surface area contributed by atoms with E-state index >= 15 is 0 Å². The van der Waals surface area contributed by atoms with Gasteiger partial charge in [0.2, 0.25) is 15.9 Å². The number of hydrogen-bond acceptors (Lipinski definition) is 5. The van der Waals surface area contributed by atoms with Gasteiger partial charge in [0.1, 0.15) is 0 Å². The van der Waals surface area contributed by atoms with Gasteiger partial charge in [-0.3, -0.25) is 14.9 Å². The summed E-state index contributed by atoms with van der Waals surface area (Å²) in [5, 5.41) is 14.2. The summed E-state index contributed by atoms with van der Waals surface area (Å²) in [6.07, 6.45) is 0. The first kappa shape index (κ1) is 22.1. The van der Waals surface area contributed by atoms with Crippen LogP contribution in [0.25, 0.3) is 0 Å². The van der Waals surface area contributed by atoms with E-state index in [0.717, 1.165) is 6.07 Å². The normalized spacial score (nSPS) is 13.2. The van der Waals surface area contributed by atoms with Crippen molar-refractivity contribution < 1.29 is 18.1 Å². The van der Waals surface area contributed by atoms with Gasteiger partial charge in [-0.05, 0) is 17.2 Å². The zero-order valence-corrected chi connectivity index (χ0v) is 17.5. The Labute approximate surface area is 180 Å². The number of nitro benzene ring substituents is 1. The molecule has 3 aromatic carbocycles. The molecule has 0 aliphatic carbocycles. The molecule has 3 aromatic rings. The smallest absolute Gasteiger partial charge is 0.289 e. The molecule has 0 aromatic heterocycles. The molecule has 0 spiro atoms. The summed E-state index contributed by atoms with van der Waals surface area (Å²) in [4.78, 5) is 22.2. The van der Waals surface area contributed by atoms with Crippen molar-refractivity contribution in [3.8, 4) is 0 Å². The van der Waals surface area contributed by atoms with Crippen molar-refractivity contribution in [3.05, 3.63) is 106 Å². The number of para-hydroxylation sites is 1. The van der Waals surface area contributed by atoms with Crippen molar-refractivity contribution in [1.29, 1.82) is 0 Å². The molecular formula is C22H21N3O5S. The lowest BCUT2D eigenvalue weighted by atomic mass is 9.94. The van der Waals surface area contributed by atoms with Gasteiger partial charge in [-0.1, -0.05) is 72.8 Å². The van der Waals surface area contributed by atoms with Crippen LogP contribution in [0.3, 0.4) is 0 Å². The number of nitrogens with one attached hydrogen (secondary N) is 2. The highest BCUT2D eigenvalue weighted by Crippen LogP contribution is 2.32. The molecule has 160 valence electrons. The van der Waals surface area contributed by atoms with E-state index < -0.39 is 37.6 Å². The van der Waals surface area contributed by atoms with E-state index in [9.17, 15) is 23.3 Å². The maximum absolute atomic E-state index is 13.2. The monoisotopic (exact) mass is 439 g/mol. The predicted octanol–water partition coefficient (Wildman–Crippen LogP) is 3.49. The van der Waals surface area contributed by atoms with E-state index in [4.69, 9.17) is 0 Å². The number of hydrogen-bond donors (Lipinski definition) is 2. The molecule has 0 unspecified atom stereocenters. The van der Waals surface area contributed by atoms with E-state index in [0.29, 0.717) is 11.1 Å². The largest absolute Gasteiger partial charge is 0.348 e. The van der Waals surface area contributed by atoms with Crippen LogP contribution in [0, 0.1) is 10.1 Å². The first-order valence-corrected chi connectivity index (χ1v) is 10.9. The van der Waals surface area contributed by atoms with Gasteiger partial charge < -0.3 is 5.32 Å². The number of rotatable bonds is 8. The van der Waals surface area contributed by atoms with Crippen LogP contribution < -0.4 is 10.0 Å². The number of carbonyl (C=O) groups is 1. The van der Waals surface area contributed by atoms with Gasteiger partial charge in [0.25, 0.3) is 5.69 Å². The molecule has 0 bridgehead atoms. The van der Waals surface area contributed by atoms with Gasteiger partial charge in [-0.25, -0.2) is 13.1 Å². The Kier molecular flexibility index (Phi) is 6.78. The quantitative estimate of drug-likeness (QED) is 0.411. The summed E-state index contributed by atoms with van der Waals surface area (Å²) < 4.78 is 29.0. The van der Waals surface area contributed by atoms with Crippen molar-refractivity contribution in [2.75, 3.05) is 0 Å². The number of nitro groups is 1. The van der Waals surface area contributed by atoms with Crippen LogP contribution in [0.4, 0.5) is 5.69 Å². The van der Waals surface area contributed by atoms with Gasteiger partial charge in [0.05, 0.1) is 17.0 Å². The van der Waals surface area contributed by atoms with Crippen LogP contribution in [0.2, 0.25) is 0 Å². The lowest BCUT2D eigenvalue weighted by molar-refractivity contribution is -0.387. The zero-order valence-electron chi connectivity index (χ0n) is 16.6. The van der Waals surface area contributed by atoms with Crippen LogP contribution >= 0.6 is 0 Å². The molecule has 8 nitrogen and oxygen atoms in total. The third kappa shape index (κ3) is 5.33. The Morgan fingerprint density at radius 1 is 0.839 bits per heavy atom. The molecule has 3 rings (SSSR count). The van der Waals surface area contributed by atoms with Gasteiger partial charge in [-0.15, -0.1) is 0 Å². The Morgan fingerprint density at radius 2 is 1.32 bits per heavy atom. The number of nitrogens with zero attached hydrogens (tertiary/aromatic N) is 1. The zero-order chi connectivity index (χ0) is 22.4. The SMILES string of the molecule is CC(=O)N[C@H](c1ccccc1)[C@@H](NS(=O)(=O)c1ccccc1[N+](=O)[O-])c1ccccc1. The fraction of sp³-hybridized carbons (Fsp3) is 0.136. The summed E-state index contributed by atoms with van der Waals surface area (Å²) in [7, 11) is -4.32. The molecule has 0 aliphatic rings. The van der Waals surface area contributed by atoms with Crippen LogP contribution in [0.1, 0.15) is 30.1 Å². The first-order valence-electron chi connectivity index (χ1n) is 9.42. The fourth-order valence-electron chi connectivity index (χ4n) is 3.29. The van der Waals surface area contributed by atoms with E-state index in [2.05, 4.69) is 10.0 Å². The van der Waals surface area contributed by atoms with Crippen LogP contribution in [0.15, 0.2) is 89.8 Å². The summed E-state index contributed by atoms with van der Waals surface area (Å²) in [6, 6.07) is 21.1. The maximum Gasteiger partial charge on any atom is 0.289 e. The Bertz CT molecular complexity index is 1170. The second-order valence-corrected chi connectivity index (χ2v) is 8.51. The predicted molar refractivity (Wildman–Crippen MR) is 116 cm³/mol. The molecule has 31 heavy (non-hydrogen) atoms. The van der Waals surface area contributed by atoms with Crippen LogP contribution in [0.5, 0.6) is 0 Å². The molecule has 0 saturated heterocycles. The summed E-state index contributed by atoms with van der Waals surface area (Å²) in [5.74, 6) is -0.348. The molecule has 0 aliphatic heterocycles. The average Bonchev–Trinajstić information content (AvgIpc) is 2.77. The molecule has 0 saturated carbocycles. The van der Waals surface area contributed by atoms with Crippen molar-refractivity contribution in [3.63, 3.8) is 0 Å². The highest BCUT2D eigenvalue weighted by molar-refractivity contribution is 7.89. The molecule has 2 N–H and O–H groups in total. The summed E-state index contributed by atoms with van der Waals surface area (Å²) in [5.41, 5.74) is 0.738. The number of benzene rings is 3. The van der Waals surface area contributed by atoms with Gasteiger partial charge in [0, 0.05) is 13.0 Å². The van der Waals surface area contributed by atoms with Gasteiger partial charge in [0.15, 0.2) is 4.90 Å². The Morgan fingerprint density at radius 3 is 1.84 bits per heavy atom. The molecule has 1 amide bonds. The second-order valence-electron chi connectivity index (χ2n) is 6.82. The van der Waals surface area contributed by atoms with Crippen LogP contribution in [-0.4, -0.2) is 19.2 Å². The highest BCUT2D eigenvalue weighted by atomic mass is 32.2. The van der Waals surface area contributed by atoms with Crippen molar-refractivity contribution >= 4 is 21.6 Å². The van der Waals surface area contributed by atoms with Crippen LogP contribution in [-0.2, 0) is 14.8 Å². The number of carbonyl (C=O) groups excluding carboxylic acids is 1. The third-order valence-corrected chi connectivity index (χ3v) is 6.13. The minimum Gasteiger partial charge on any atom is -0.348 e. The number of sulfonamides is 1. The molecule has 2 atom stereocenters. The molecule has 0 fully saturated rings. The summed E-state index contributed by atoms with van der Waals surface area (Å²) in [6.45, 7) is 1.34. The van der Waals surface area contributed by atoms with E-state index in [1.54, 1.807) is 54.6 Å². The minimum atomic E-state index is -4.32. The molecule has 0 radical (unpaired) electrons. The Hall–Kier alpha value is -3.56. The molecule has 9 heteroatoms. The number of amides is 1.